The Hall–Kier alpha value is -0.0400. The van der Waals surface area contributed by atoms with E-state index in [2.05, 4.69) is 33.0 Å². The van der Waals surface area contributed by atoms with E-state index in [0.29, 0.717) is 5.54 Å². The standard InChI is InChI=1S/C8H19N/c1-5-7-9-8(3,4)6-2/h9H,5-7H2,1-4H3. The van der Waals surface area contributed by atoms with Gasteiger partial charge in [0, 0.05) is 5.54 Å². The lowest BCUT2D eigenvalue weighted by Gasteiger charge is -2.23. The van der Waals surface area contributed by atoms with Crippen LogP contribution in [0.25, 0.3) is 0 Å². The van der Waals surface area contributed by atoms with Gasteiger partial charge in [-0.15, -0.1) is 0 Å². The molecule has 0 amide bonds. The highest BCUT2D eigenvalue weighted by Gasteiger charge is 2.11. The number of hydrogen-bond donors (Lipinski definition) is 1. The first-order valence-corrected chi connectivity index (χ1v) is 3.87. The molecule has 0 rings (SSSR count). The van der Waals surface area contributed by atoms with E-state index in [1.165, 1.54) is 12.8 Å². The second kappa shape index (κ2) is 3.89. The van der Waals surface area contributed by atoms with Crippen LogP contribution in [0.2, 0.25) is 0 Å². The summed E-state index contributed by atoms with van der Waals surface area (Å²) in [6.07, 6.45) is 2.43. The summed E-state index contributed by atoms with van der Waals surface area (Å²) < 4.78 is 0. The van der Waals surface area contributed by atoms with E-state index < -0.39 is 0 Å². The van der Waals surface area contributed by atoms with Gasteiger partial charge in [-0.25, -0.2) is 0 Å². The molecule has 0 saturated carbocycles. The van der Waals surface area contributed by atoms with Crippen LogP contribution in [0.1, 0.15) is 40.5 Å². The molecule has 1 heteroatoms. The summed E-state index contributed by atoms with van der Waals surface area (Å²) in [5.41, 5.74) is 0.343. The van der Waals surface area contributed by atoms with Crippen LogP contribution in [0.4, 0.5) is 0 Å². The third-order valence-corrected chi connectivity index (χ3v) is 1.74. The Morgan fingerprint density at radius 2 is 1.78 bits per heavy atom. The predicted molar refractivity (Wildman–Crippen MR) is 42.7 cm³/mol. The van der Waals surface area contributed by atoms with Gasteiger partial charge in [0.1, 0.15) is 0 Å². The zero-order valence-electron chi connectivity index (χ0n) is 7.12. The molecule has 0 aromatic rings. The van der Waals surface area contributed by atoms with Gasteiger partial charge in [-0.1, -0.05) is 13.8 Å². The third-order valence-electron chi connectivity index (χ3n) is 1.74. The summed E-state index contributed by atoms with van der Waals surface area (Å²) in [6.45, 7) is 10.0. The molecule has 0 aromatic heterocycles. The molecular formula is C8H19N. The van der Waals surface area contributed by atoms with Gasteiger partial charge in [-0.3, -0.25) is 0 Å². The van der Waals surface area contributed by atoms with Gasteiger partial charge in [0.15, 0.2) is 0 Å². The minimum Gasteiger partial charge on any atom is -0.312 e. The minimum absolute atomic E-state index is 0.343. The summed E-state index contributed by atoms with van der Waals surface area (Å²) in [6, 6.07) is 0. The molecule has 0 heterocycles. The maximum Gasteiger partial charge on any atom is 0.0122 e. The summed E-state index contributed by atoms with van der Waals surface area (Å²) >= 11 is 0. The molecule has 0 bridgehead atoms. The van der Waals surface area contributed by atoms with Gasteiger partial charge in [0.2, 0.25) is 0 Å². The van der Waals surface area contributed by atoms with Crippen molar-refractivity contribution < 1.29 is 0 Å². The van der Waals surface area contributed by atoms with E-state index in [1.54, 1.807) is 0 Å². The quantitative estimate of drug-likeness (QED) is 0.613. The average molecular weight is 129 g/mol. The first kappa shape index (κ1) is 8.96. The lowest BCUT2D eigenvalue weighted by atomic mass is 10.0. The van der Waals surface area contributed by atoms with Crippen molar-refractivity contribution in [3.8, 4) is 0 Å². The molecule has 0 unspecified atom stereocenters. The molecule has 0 radical (unpaired) electrons. The van der Waals surface area contributed by atoms with Gasteiger partial charge in [-0.05, 0) is 33.2 Å². The van der Waals surface area contributed by atoms with Gasteiger partial charge >= 0.3 is 0 Å². The molecule has 0 saturated heterocycles. The smallest absolute Gasteiger partial charge is 0.0122 e. The van der Waals surface area contributed by atoms with Crippen molar-refractivity contribution in [2.24, 2.45) is 0 Å². The van der Waals surface area contributed by atoms with E-state index >= 15 is 0 Å². The fourth-order valence-corrected chi connectivity index (χ4v) is 0.588. The molecular weight excluding hydrogens is 110 g/mol. The van der Waals surface area contributed by atoms with Crippen LogP contribution in [-0.4, -0.2) is 12.1 Å². The van der Waals surface area contributed by atoms with Crippen molar-refractivity contribution in [2.45, 2.75) is 46.1 Å². The van der Waals surface area contributed by atoms with E-state index in [4.69, 9.17) is 0 Å². The molecule has 0 spiro atoms. The third kappa shape index (κ3) is 4.46. The molecule has 1 N–H and O–H groups in total. The lowest BCUT2D eigenvalue weighted by Crippen LogP contribution is -2.38. The predicted octanol–water partition coefficient (Wildman–Crippen LogP) is 2.17. The van der Waals surface area contributed by atoms with Crippen LogP contribution >= 0.6 is 0 Å². The fourth-order valence-electron chi connectivity index (χ4n) is 0.588. The molecule has 1 nitrogen and oxygen atoms in total. The maximum atomic E-state index is 3.46. The van der Waals surface area contributed by atoms with Crippen LogP contribution in [0, 0.1) is 0 Å². The number of hydrogen-bond acceptors (Lipinski definition) is 1. The van der Waals surface area contributed by atoms with Crippen molar-refractivity contribution in [3.63, 3.8) is 0 Å². The zero-order valence-corrected chi connectivity index (χ0v) is 7.12. The largest absolute Gasteiger partial charge is 0.312 e. The molecule has 0 aromatic carbocycles. The molecule has 0 atom stereocenters. The van der Waals surface area contributed by atoms with Crippen LogP contribution in [0.15, 0.2) is 0 Å². The topological polar surface area (TPSA) is 12.0 Å². The van der Waals surface area contributed by atoms with Crippen molar-refractivity contribution in [3.05, 3.63) is 0 Å². The highest BCUT2D eigenvalue weighted by molar-refractivity contribution is 4.73. The number of nitrogens with one attached hydrogen (secondary N) is 1. The van der Waals surface area contributed by atoms with Crippen molar-refractivity contribution in [1.82, 2.24) is 5.32 Å². The van der Waals surface area contributed by atoms with E-state index in [9.17, 15) is 0 Å². The van der Waals surface area contributed by atoms with Crippen molar-refractivity contribution in [1.29, 1.82) is 0 Å². The summed E-state index contributed by atoms with van der Waals surface area (Å²) in [5, 5.41) is 3.46. The average Bonchev–Trinajstić information content (AvgIpc) is 1.84. The van der Waals surface area contributed by atoms with Gasteiger partial charge in [0.05, 0.1) is 0 Å². The van der Waals surface area contributed by atoms with E-state index in [1.807, 2.05) is 0 Å². The van der Waals surface area contributed by atoms with Gasteiger partial charge in [0.25, 0.3) is 0 Å². The Kier molecular flexibility index (Phi) is 3.87. The second-order valence-electron chi connectivity index (χ2n) is 3.16. The molecule has 0 aliphatic rings. The normalized spacial score (nSPS) is 12.0. The Balaban J connectivity index is 3.33. The minimum atomic E-state index is 0.343. The highest BCUT2D eigenvalue weighted by atomic mass is 14.9. The molecule has 56 valence electrons. The van der Waals surface area contributed by atoms with Gasteiger partial charge < -0.3 is 5.32 Å². The van der Waals surface area contributed by atoms with E-state index in [-0.39, 0.29) is 0 Å². The number of rotatable bonds is 4. The van der Waals surface area contributed by atoms with Crippen LogP contribution < -0.4 is 5.32 Å². The fraction of sp³-hybridized carbons (Fsp3) is 1.00. The second-order valence-corrected chi connectivity index (χ2v) is 3.16. The molecule has 9 heavy (non-hydrogen) atoms. The van der Waals surface area contributed by atoms with Crippen LogP contribution in [0.5, 0.6) is 0 Å². The molecule has 0 fully saturated rings. The maximum absolute atomic E-state index is 3.46. The van der Waals surface area contributed by atoms with Crippen molar-refractivity contribution in [2.75, 3.05) is 6.54 Å². The SMILES string of the molecule is CCCNC(C)(C)CC. The monoisotopic (exact) mass is 129 g/mol. The summed E-state index contributed by atoms with van der Waals surface area (Å²) in [7, 11) is 0. The Morgan fingerprint density at radius 3 is 2.11 bits per heavy atom. The Morgan fingerprint density at radius 1 is 1.22 bits per heavy atom. The highest BCUT2D eigenvalue weighted by Crippen LogP contribution is 2.05. The van der Waals surface area contributed by atoms with Gasteiger partial charge in [-0.2, -0.15) is 0 Å². The van der Waals surface area contributed by atoms with Crippen LogP contribution in [-0.2, 0) is 0 Å². The summed E-state index contributed by atoms with van der Waals surface area (Å²) in [5.74, 6) is 0. The van der Waals surface area contributed by atoms with E-state index in [0.717, 1.165) is 6.54 Å². The first-order valence-electron chi connectivity index (χ1n) is 3.87. The lowest BCUT2D eigenvalue weighted by molar-refractivity contribution is 0.377. The molecule has 0 aliphatic heterocycles. The first-order chi connectivity index (χ1) is 4.12. The molecule has 0 aliphatic carbocycles. The summed E-state index contributed by atoms with van der Waals surface area (Å²) in [4.78, 5) is 0. The Bertz CT molecular complexity index is 67.0. The van der Waals surface area contributed by atoms with Crippen LogP contribution in [0.3, 0.4) is 0 Å². The zero-order chi connectivity index (χ0) is 7.33. The Labute approximate surface area is 58.8 Å². The van der Waals surface area contributed by atoms with Crippen molar-refractivity contribution >= 4 is 0 Å².